The molecular formula is C24H26N2O4. The molecule has 0 saturated carbocycles. The van der Waals surface area contributed by atoms with Crippen LogP contribution >= 0.6 is 0 Å². The number of fused-ring (bicyclic) bond motifs is 2. The maximum atomic E-state index is 13.0. The molecule has 3 aliphatic heterocycles. The lowest BCUT2D eigenvalue weighted by atomic mass is 9.92. The molecule has 0 spiro atoms. The van der Waals surface area contributed by atoms with Crippen LogP contribution in [0.3, 0.4) is 0 Å². The minimum Gasteiger partial charge on any atom is -0.453 e. The number of hydrogen-bond donors (Lipinski definition) is 0. The van der Waals surface area contributed by atoms with E-state index in [-0.39, 0.29) is 18.4 Å². The van der Waals surface area contributed by atoms with Gasteiger partial charge < -0.3 is 4.74 Å². The van der Waals surface area contributed by atoms with E-state index in [1.54, 1.807) is 4.90 Å². The van der Waals surface area contributed by atoms with Crippen LogP contribution in [0.2, 0.25) is 0 Å². The first-order valence-corrected chi connectivity index (χ1v) is 10.2. The Bertz CT molecular complexity index is 939. The summed E-state index contributed by atoms with van der Waals surface area (Å²) in [6.45, 7) is 4.28. The van der Waals surface area contributed by atoms with Crippen LogP contribution in [0, 0.1) is 0 Å². The number of carbonyl (C=O) groups is 2. The van der Waals surface area contributed by atoms with E-state index in [2.05, 4.69) is 26.0 Å². The Morgan fingerprint density at radius 2 is 1.73 bits per heavy atom. The molecule has 2 aromatic rings. The van der Waals surface area contributed by atoms with Crippen molar-refractivity contribution in [2.45, 2.75) is 44.5 Å². The van der Waals surface area contributed by atoms with Crippen molar-refractivity contribution in [3.05, 3.63) is 83.4 Å². The minimum absolute atomic E-state index is 0.195. The predicted molar refractivity (Wildman–Crippen MR) is 112 cm³/mol. The Labute approximate surface area is 176 Å². The molecule has 2 amide bonds. The average Bonchev–Trinajstić information content (AvgIpc) is 2.79. The fourth-order valence-corrected chi connectivity index (χ4v) is 4.02. The highest BCUT2D eigenvalue weighted by Gasteiger charge is 2.49. The molecule has 5 rings (SSSR count). The lowest BCUT2D eigenvalue weighted by Crippen LogP contribution is -2.63. The second-order valence-electron chi connectivity index (χ2n) is 7.89. The summed E-state index contributed by atoms with van der Waals surface area (Å²) in [4.78, 5) is 33.3. The quantitative estimate of drug-likeness (QED) is 0.714. The third-order valence-corrected chi connectivity index (χ3v) is 5.62. The number of ether oxygens (including phenoxy) is 1. The molecule has 2 bridgehead atoms. The fraction of sp³-hybridized carbons (Fsp3) is 0.333. The molecule has 156 valence electrons. The summed E-state index contributed by atoms with van der Waals surface area (Å²) in [5.74, 6) is 0.212. The Morgan fingerprint density at radius 3 is 2.37 bits per heavy atom. The first kappa shape index (κ1) is 20.2. The molecule has 30 heavy (non-hydrogen) atoms. The maximum absolute atomic E-state index is 13.0. The summed E-state index contributed by atoms with van der Waals surface area (Å²) in [7, 11) is 1.35. The van der Waals surface area contributed by atoms with Crippen LogP contribution in [0.1, 0.15) is 42.5 Å². The van der Waals surface area contributed by atoms with Crippen molar-refractivity contribution in [1.29, 1.82) is 0 Å². The van der Waals surface area contributed by atoms with Crippen molar-refractivity contribution in [3.63, 3.8) is 0 Å². The van der Waals surface area contributed by atoms with Crippen LogP contribution in [0.4, 0.5) is 4.79 Å². The van der Waals surface area contributed by atoms with Crippen LogP contribution in [-0.4, -0.2) is 41.3 Å². The normalized spacial score (nSPS) is 22.5. The van der Waals surface area contributed by atoms with E-state index in [1.807, 2.05) is 54.6 Å². The summed E-state index contributed by atoms with van der Waals surface area (Å²) in [5.41, 5.74) is 3.06. The van der Waals surface area contributed by atoms with Gasteiger partial charge in [0.1, 0.15) is 6.10 Å². The Kier molecular flexibility index (Phi) is 5.59. The van der Waals surface area contributed by atoms with Gasteiger partial charge >= 0.3 is 6.09 Å². The van der Waals surface area contributed by atoms with Crippen LogP contribution in [0.25, 0.3) is 0 Å². The van der Waals surface area contributed by atoms with E-state index < -0.39 is 18.4 Å². The van der Waals surface area contributed by atoms with Gasteiger partial charge in [0.15, 0.2) is 6.17 Å². The number of carbonyl (C=O) groups excluding carboxylic acids is 2. The first-order chi connectivity index (χ1) is 14.5. The van der Waals surface area contributed by atoms with E-state index in [0.29, 0.717) is 5.92 Å². The number of hydroxylamine groups is 2. The standard InChI is InChI=1S/C24H26N2O4/c1-16(2)18-9-11-19(12-10-18)23-20-13-14-21(25(23)24(28)29-3)26(30-20)22(27)15-17-7-5-4-6-8-17/h4-14,16,20-21,23H,15H2,1-3H3/t20-,21+,23+/m0/s1. The third-order valence-electron chi connectivity index (χ3n) is 5.62. The molecular weight excluding hydrogens is 380 g/mol. The second-order valence-corrected chi connectivity index (χ2v) is 7.89. The molecule has 1 saturated heterocycles. The SMILES string of the molecule is COC(=O)N1[C@H](c2ccc(C(C)C)cc2)[C@@H]2C=C[C@H]1N(C(=O)Cc1ccccc1)O2. The zero-order valence-corrected chi connectivity index (χ0v) is 17.4. The number of amides is 2. The molecule has 0 aliphatic carbocycles. The molecule has 0 radical (unpaired) electrons. The summed E-state index contributed by atoms with van der Waals surface area (Å²) in [6, 6.07) is 17.3. The third kappa shape index (κ3) is 3.71. The monoisotopic (exact) mass is 406 g/mol. The molecule has 3 heterocycles. The first-order valence-electron chi connectivity index (χ1n) is 10.2. The molecule has 1 fully saturated rings. The van der Waals surface area contributed by atoms with Gasteiger partial charge in [0.2, 0.25) is 0 Å². The molecule has 2 aromatic carbocycles. The summed E-state index contributed by atoms with van der Waals surface area (Å²) in [5, 5.41) is 1.30. The van der Waals surface area contributed by atoms with Gasteiger partial charge in [0, 0.05) is 0 Å². The van der Waals surface area contributed by atoms with Crippen molar-refractivity contribution in [2.75, 3.05) is 7.11 Å². The van der Waals surface area contributed by atoms with E-state index in [4.69, 9.17) is 9.57 Å². The van der Waals surface area contributed by atoms with Crippen LogP contribution < -0.4 is 0 Å². The zero-order valence-electron chi connectivity index (χ0n) is 17.4. The maximum Gasteiger partial charge on any atom is 0.412 e. The Hall–Kier alpha value is -3.12. The summed E-state index contributed by atoms with van der Waals surface area (Å²) < 4.78 is 5.06. The number of hydrogen-bond acceptors (Lipinski definition) is 4. The van der Waals surface area contributed by atoms with Crippen molar-refractivity contribution in [1.82, 2.24) is 9.96 Å². The summed E-state index contributed by atoms with van der Waals surface area (Å²) >= 11 is 0. The largest absolute Gasteiger partial charge is 0.453 e. The average molecular weight is 406 g/mol. The van der Waals surface area contributed by atoms with Gasteiger partial charge in [-0.15, -0.1) is 0 Å². The predicted octanol–water partition coefficient (Wildman–Crippen LogP) is 4.20. The van der Waals surface area contributed by atoms with Gasteiger partial charge in [-0.1, -0.05) is 74.5 Å². The van der Waals surface area contributed by atoms with E-state index in [1.165, 1.54) is 17.7 Å². The molecule has 0 N–H and O–H groups in total. The van der Waals surface area contributed by atoms with Gasteiger partial charge in [-0.05, 0) is 28.7 Å². The number of benzene rings is 2. The van der Waals surface area contributed by atoms with E-state index >= 15 is 0 Å². The Balaban J connectivity index is 1.62. The molecule has 0 aromatic heterocycles. The van der Waals surface area contributed by atoms with Crippen LogP contribution in [0.5, 0.6) is 0 Å². The molecule has 0 unspecified atom stereocenters. The van der Waals surface area contributed by atoms with E-state index in [9.17, 15) is 9.59 Å². The fourth-order valence-electron chi connectivity index (χ4n) is 4.02. The van der Waals surface area contributed by atoms with Gasteiger partial charge in [-0.3, -0.25) is 14.5 Å². The smallest absolute Gasteiger partial charge is 0.412 e. The van der Waals surface area contributed by atoms with Crippen LogP contribution in [-0.2, 0) is 20.8 Å². The highest BCUT2D eigenvalue weighted by Crippen LogP contribution is 2.40. The minimum atomic E-state index is -0.659. The van der Waals surface area contributed by atoms with Gasteiger partial charge in [0.05, 0.1) is 19.6 Å². The molecule has 3 atom stereocenters. The summed E-state index contributed by atoms with van der Waals surface area (Å²) in [6.07, 6.45) is 2.31. The topological polar surface area (TPSA) is 59.1 Å². The van der Waals surface area contributed by atoms with Crippen LogP contribution in [0.15, 0.2) is 66.7 Å². The zero-order chi connectivity index (χ0) is 21.3. The van der Waals surface area contributed by atoms with Gasteiger partial charge in [-0.2, -0.15) is 5.06 Å². The lowest BCUT2D eigenvalue weighted by Gasteiger charge is -2.51. The van der Waals surface area contributed by atoms with Gasteiger partial charge in [-0.25, -0.2) is 4.79 Å². The molecule has 6 nitrogen and oxygen atoms in total. The number of nitrogens with zero attached hydrogens (tertiary/aromatic N) is 2. The highest BCUT2D eigenvalue weighted by atomic mass is 16.7. The number of rotatable bonds is 4. The van der Waals surface area contributed by atoms with Gasteiger partial charge in [0.25, 0.3) is 5.91 Å². The van der Waals surface area contributed by atoms with Crippen molar-refractivity contribution in [2.24, 2.45) is 0 Å². The van der Waals surface area contributed by atoms with E-state index in [0.717, 1.165) is 11.1 Å². The molecule has 6 heteroatoms. The number of methoxy groups -OCH3 is 1. The second kappa shape index (κ2) is 8.32. The highest BCUT2D eigenvalue weighted by molar-refractivity contribution is 5.80. The Morgan fingerprint density at radius 1 is 1.03 bits per heavy atom. The lowest BCUT2D eigenvalue weighted by molar-refractivity contribution is -0.271. The van der Waals surface area contributed by atoms with Crippen molar-refractivity contribution < 1.29 is 19.2 Å². The van der Waals surface area contributed by atoms with Crippen molar-refractivity contribution in [3.8, 4) is 0 Å². The molecule has 3 aliphatic rings. The van der Waals surface area contributed by atoms with Crippen molar-refractivity contribution >= 4 is 12.0 Å².